The van der Waals surface area contributed by atoms with Gasteiger partial charge in [-0.25, -0.2) is 0 Å². The van der Waals surface area contributed by atoms with Crippen LogP contribution in [0.15, 0.2) is 24.3 Å². The lowest BCUT2D eigenvalue weighted by molar-refractivity contribution is -0.134. The van der Waals surface area contributed by atoms with Crippen LogP contribution in [0, 0.1) is 5.92 Å². The zero-order chi connectivity index (χ0) is 22.1. The van der Waals surface area contributed by atoms with Crippen molar-refractivity contribution >= 4 is 23.1 Å². The summed E-state index contributed by atoms with van der Waals surface area (Å²) in [5, 5.41) is 0. The van der Waals surface area contributed by atoms with Gasteiger partial charge >= 0.3 is 0 Å². The van der Waals surface area contributed by atoms with E-state index in [1.807, 2.05) is 24.1 Å². The van der Waals surface area contributed by atoms with Crippen LogP contribution < -0.4 is 10.6 Å². The Morgan fingerprint density at radius 2 is 2.14 bits per heavy atom. The van der Waals surface area contributed by atoms with Crippen molar-refractivity contribution in [3.05, 3.63) is 35.4 Å². The second-order valence-electron chi connectivity index (χ2n) is 8.17. The molecule has 0 bridgehead atoms. The first-order valence-corrected chi connectivity index (χ1v) is 10.5. The molecule has 156 valence electrons. The molecule has 0 fully saturated rings. The topological polar surface area (TPSA) is 69.9 Å². The van der Waals surface area contributed by atoms with Crippen molar-refractivity contribution in [2.75, 3.05) is 44.7 Å². The predicted octanol–water partition coefficient (Wildman–Crippen LogP) is 2.05. The Morgan fingerprint density at radius 1 is 1.34 bits per heavy atom. The maximum Gasteiger partial charge on any atom is 0.234 e. The summed E-state index contributed by atoms with van der Waals surface area (Å²) in [7, 11) is 2.03. The van der Waals surface area contributed by atoms with Crippen molar-refractivity contribution in [3.8, 4) is 0 Å². The summed E-state index contributed by atoms with van der Waals surface area (Å²) < 4.78 is 15.0. The fourth-order valence-corrected chi connectivity index (χ4v) is 5.11. The standard InChI is InChI=1S/C23H32N4O2/c1-4-26(5-2)22(28)15-12-17-16-8-6-9-19-21(16)18(13-20(17)25(3)14-15)23(29)27(19)11-7-10-24/h6,8-9,12,15,18,20H,4-5,7,10-11,13-14,24H2,1-3H3/t15-,18?,20-/m1/s1/i1D,2D. The number of carbonyl (C=O) groups is 2. The maximum atomic E-state index is 13.2. The number of nitrogens with two attached hydrogens (primary N) is 1. The van der Waals surface area contributed by atoms with Gasteiger partial charge in [-0.1, -0.05) is 18.2 Å². The number of likely N-dealkylation sites (N-methyl/N-ethyl adjacent to an activating group) is 1. The van der Waals surface area contributed by atoms with E-state index in [1.54, 1.807) is 4.90 Å². The zero-order valence-electron chi connectivity index (χ0n) is 19.1. The summed E-state index contributed by atoms with van der Waals surface area (Å²) in [6.07, 6.45) is 3.59. The summed E-state index contributed by atoms with van der Waals surface area (Å²) in [6.45, 7) is 2.78. The molecule has 3 aliphatic rings. The summed E-state index contributed by atoms with van der Waals surface area (Å²) in [5.74, 6) is -0.276. The van der Waals surface area contributed by atoms with Crippen LogP contribution in [0.5, 0.6) is 0 Å². The van der Waals surface area contributed by atoms with Gasteiger partial charge in [0.2, 0.25) is 11.8 Å². The van der Waals surface area contributed by atoms with Crippen LogP contribution in [0.1, 0.15) is 46.4 Å². The highest BCUT2D eigenvalue weighted by molar-refractivity contribution is 6.08. The molecule has 1 aromatic carbocycles. The number of nitrogens with zero attached hydrogens (tertiary/aromatic N) is 3. The third kappa shape index (κ3) is 3.19. The minimum Gasteiger partial charge on any atom is -0.343 e. The number of benzene rings is 1. The number of carbonyl (C=O) groups excluding carboxylic acids is 2. The van der Waals surface area contributed by atoms with Gasteiger partial charge < -0.3 is 15.5 Å². The minimum absolute atomic E-state index is 0.00681. The third-order valence-electron chi connectivity index (χ3n) is 6.57. The minimum atomic E-state index is -0.299. The van der Waals surface area contributed by atoms with E-state index in [1.165, 1.54) is 0 Å². The Balaban J connectivity index is 1.71. The SMILES string of the molecule is [2H]CCN(CC[2H])C(=O)[C@@H]1C=C2c3cccc4c3C(C[C@H]2N(C)C1)C(=O)N4CCCN. The molecule has 6 heteroatoms. The molecule has 0 aromatic heterocycles. The highest BCUT2D eigenvalue weighted by atomic mass is 16.2. The van der Waals surface area contributed by atoms with E-state index in [2.05, 4.69) is 17.0 Å². The lowest BCUT2D eigenvalue weighted by atomic mass is 9.74. The molecule has 29 heavy (non-hydrogen) atoms. The van der Waals surface area contributed by atoms with E-state index in [0.29, 0.717) is 32.7 Å². The average Bonchev–Trinajstić information content (AvgIpc) is 3.04. The van der Waals surface area contributed by atoms with Crippen LogP contribution in [0.3, 0.4) is 0 Å². The molecule has 0 saturated heterocycles. The lowest BCUT2D eigenvalue weighted by Crippen LogP contribution is -2.48. The average molecular weight is 399 g/mol. The smallest absolute Gasteiger partial charge is 0.234 e. The van der Waals surface area contributed by atoms with Gasteiger partial charge in [-0.3, -0.25) is 14.5 Å². The first-order chi connectivity index (χ1) is 15.0. The lowest BCUT2D eigenvalue weighted by Gasteiger charge is -2.42. The molecule has 1 unspecified atom stereocenters. The predicted molar refractivity (Wildman–Crippen MR) is 116 cm³/mol. The Morgan fingerprint density at radius 3 is 2.86 bits per heavy atom. The maximum absolute atomic E-state index is 13.2. The zero-order valence-corrected chi connectivity index (χ0v) is 17.1. The quantitative estimate of drug-likeness (QED) is 0.796. The van der Waals surface area contributed by atoms with Gasteiger partial charge in [-0.15, -0.1) is 0 Å². The van der Waals surface area contributed by atoms with Crippen LogP contribution in [0.2, 0.25) is 0 Å². The molecule has 1 aromatic rings. The van der Waals surface area contributed by atoms with E-state index in [4.69, 9.17) is 8.48 Å². The number of hydrogen-bond acceptors (Lipinski definition) is 4. The van der Waals surface area contributed by atoms with Gasteiger partial charge in [-0.05, 0) is 63.0 Å². The fourth-order valence-electron chi connectivity index (χ4n) is 5.11. The molecule has 2 heterocycles. The monoisotopic (exact) mass is 398 g/mol. The number of hydrogen-bond donors (Lipinski definition) is 1. The van der Waals surface area contributed by atoms with E-state index in [-0.39, 0.29) is 43.5 Å². The Hall–Kier alpha value is -2.18. The molecule has 4 rings (SSSR count). The van der Waals surface area contributed by atoms with Crippen LogP contribution in [0.4, 0.5) is 5.69 Å². The van der Waals surface area contributed by atoms with E-state index in [0.717, 1.165) is 35.2 Å². The van der Waals surface area contributed by atoms with Gasteiger partial charge in [-0.2, -0.15) is 0 Å². The van der Waals surface area contributed by atoms with Crippen molar-refractivity contribution < 1.29 is 12.3 Å². The van der Waals surface area contributed by atoms with Crippen LogP contribution in [-0.4, -0.2) is 67.4 Å². The number of rotatable bonds is 6. The highest BCUT2D eigenvalue weighted by Crippen LogP contribution is 2.51. The summed E-state index contributed by atoms with van der Waals surface area (Å²) >= 11 is 0. The second-order valence-corrected chi connectivity index (χ2v) is 8.17. The van der Waals surface area contributed by atoms with Gasteiger partial charge in [0.05, 0.1) is 11.8 Å². The molecule has 2 amide bonds. The largest absolute Gasteiger partial charge is 0.343 e. The first-order valence-electron chi connectivity index (χ1n) is 11.9. The summed E-state index contributed by atoms with van der Waals surface area (Å²) in [5.41, 5.74) is 9.99. The molecule has 3 atom stereocenters. The molecule has 0 radical (unpaired) electrons. The molecular formula is C23H32N4O2. The Labute approximate surface area is 176 Å². The molecule has 0 saturated carbocycles. The van der Waals surface area contributed by atoms with Crippen LogP contribution in [-0.2, 0) is 9.59 Å². The van der Waals surface area contributed by atoms with E-state index in [9.17, 15) is 9.59 Å². The third-order valence-corrected chi connectivity index (χ3v) is 6.57. The Bertz CT molecular complexity index is 884. The summed E-state index contributed by atoms with van der Waals surface area (Å²) in [6, 6.07) is 6.21. The molecule has 2 aliphatic heterocycles. The molecule has 1 aliphatic carbocycles. The molecule has 6 nitrogen and oxygen atoms in total. The van der Waals surface area contributed by atoms with Gasteiger partial charge in [0.15, 0.2) is 0 Å². The van der Waals surface area contributed by atoms with Crippen molar-refractivity contribution in [3.63, 3.8) is 0 Å². The highest BCUT2D eigenvalue weighted by Gasteiger charge is 2.46. The van der Waals surface area contributed by atoms with Gasteiger partial charge in [0.1, 0.15) is 0 Å². The van der Waals surface area contributed by atoms with Crippen molar-refractivity contribution in [2.45, 2.75) is 38.6 Å². The molecule has 2 N–H and O–H groups in total. The summed E-state index contributed by atoms with van der Waals surface area (Å²) in [4.78, 5) is 32.1. The van der Waals surface area contributed by atoms with E-state index < -0.39 is 0 Å². The van der Waals surface area contributed by atoms with Crippen LogP contribution in [0.25, 0.3) is 5.57 Å². The normalized spacial score (nSPS) is 26.4. The van der Waals surface area contributed by atoms with Crippen molar-refractivity contribution in [1.82, 2.24) is 9.80 Å². The van der Waals surface area contributed by atoms with Crippen molar-refractivity contribution in [1.29, 1.82) is 0 Å². The van der Waals surface area contributed by atoms with Gasteiger partial charge in [0, 0.05) is 40.6 Å². The number of fused-ring (bicyclic) bond motifs is 2. The van der Waals surface area contributed by atoms with Crippen LogP contribution >= 0.6 is 0 Å². The van der Waals surface area contributed by atoms with Crippen molar-refractivity contribution in [2.24, 2.45) is 11.7 Å². The first kappa shape index (κ1) is 17.7. The van der Waals surface area contributed by atoms with E-state index >= 15 is 0 Å². The Kier molecular flexibility index (Phi) is 4.82. The number of amides is 2. The fraction of sp³-hybridized carbons (Fsp3) is 0.565. The van der Waals surface area contributed by atoms with Gasteiger partial charge in [0.25, 0.3) is 0 Å². The second kappa shape index (κ2) is 7.92. The number of anilines is 1. The molecule has 0 spiro atoms. The molecular weight excluding hydrogens is 364 g/mol.